The number of benzene rings is 1. The number of anilines is 1. The Kier molecular flexibility index (Phi) is 3.43. The minimum Gasteiger partial charge on any atom is -0.466 e. The highest BCUT2D eigenvalue weighted by atomic mass is 35.5. The minimum atomic E-state index is -0.859. The quantitative estimate of drug-likeness (QED) is 0.665. The zero-order valence-electron chi connectivity index (χ0n) is 9.70. The number of halogens is 1. The monoisotopic (exact) mass is 255 g/mol. The van der Waals surface area contributed by atoms with Crippen molar-refractivity contribution in [3.05, 3.63) is 23.8 Å². The van der Waals surface area contributed by atoms with Gasteiger partial charge in [-0.15, -0.1) is 11.6 Å². The van der Waals surface area contributed by atoms with Crippen LogP contribution in [0.4, 0.5) is 5.69 Å². The Hall–Kier alpha value is -1.42. The van der Waals surface area contributed by atoms with Crippen LogP contribution >= 0.6 is 11.6 Å². The molecule has 0 aliphatic carbocycles. The largest absolute Gasteiger partial charge is 0.466 e. The van der Waals surface area contributed by atoms with Gasteiger partial charge in [-0.25, -0.2) is 0 Å². The van der Waals surface area contributed by atoms with Crippen LogP contribution < -0.4 is 10.1 Å². The van der Waals surface area contributed by atoms with Gasteiger partial charge < -0.3 is 14.8 Å². The topological polar surface area (TPSA) is 47.6 Å². The van der Waals surface area contributed by atoms with Crippen molar-refractivity contribution in [1.29, 1.82) is 0 Å². The summed E-state index contributed by atoms with van der Waals surface area (Å²) in [6, 6.07) is 5.77. The van der Waals surface area contributed by atoms with Gasteiger partial charge >= 0.3 is 5.97 Å². The molecule has 1 aliphatic heterocycles. The molecule has 0 radical (unpaired) electrons. The Labute approximate surface area is 105 Å². The average Bonchev–Trinajstić information content (AvgIpc) is 2.71. The van der Waals surface area contributed by atoms with Crippen LogP contribution in [-0.2, 0) is 9.53 Å². The first-order valence-electron chi connectivity index (χ1n) is 5.46. The molecule has 0 bridgehead atoms. The van der Waals surface area contributed by atoms with Crippen molar-refractivity contribution in [2.24, 2.45) is 0 Å². The Morgan fingerprint density at radius 1 is 1.65 bits per heavy atom. The van der Waals surface area contributed by atoms with Crippen molar-refractivity contribution in [3.8, 4) is 5.75 Å². The van der Waals surface area contributed by atoms with Crippen LogP contribution in [0.3, 0.4) is 0 Å². The highest BCUT2D eigenvalue weighted by Gasteiger charge is 2.34. The molecule has 0 spiro atoms. The average molecular weight is 256 g/mol. The SMILES string of the molecule is CCOC(=O)C(Cl)C1Nc2ccc(C)cc2O1. The van der Waals surface area contributed by atoms with E-state index in [-0.39, 0.29) is 0 Å². The second-order valence-electron chi connectivity index (χ2n) is 3.84. The molecule has 4 nitrogen and oxygen atoms in total. The summed E-state index contributed by atoms with van der Waals surface area (Å²) in [6.07, 6.45) is -0.576. The molecule has 0 amide bonds. The van der Waals surface area contributed by atoms with Gasteiger partial charge in [0, 0.05) is 0 Å². The van der Waals surface area contributed by atoms with E-state index in [1.165, 1.54) is 0 Å². The van der Waals surface area contributed by atoms with Crippen molar-refractivity contribution < 1.29 is 14.3 Å². The second kappa shape index (κ2) is 4.84. The third-order valence-corrected chi connectivity index (χ3v) is 2.87. The predicted octanol–water partition coefficient (Wildman–Crippen LogP) is 2.30. The molecule has 2 unspecified atom stereocenters. The van der Waals surface area contributed by atoms with Gasteiger partial charge in [0.25, 0.3) is 0 Å². The molecule has 1 aromatic rings. The van der Waals surface area contributed by atoms with Gasteiger partial charge in [-0.2, -0.15) is 0 Å². The van der Waals surface area contributed by atoms with Gasteiger partial charge in [0.05, 0.1) is 12.3 Å². The minimum absolute atomic E-state index is 0.306. The third-order valence-electron chi connectivity index (χ3n) is 2.47. The van der Waals surface area contributed by atoms with E-state index < -0.39 is 17.6 Å². The van der Waals surface area contributed by atoms with Crippen LogP contribution in [0.5, 0.6) is 5.75 Å². The molecule has 1 aromatic carbocycles. The van der Waals surface area contributed by atoms with E-state index in [0.29, 0.717) is 12.4 Å². The lowest BCUT2D eigenvalue weighted by Crippen LogP contribution is -2.37. The summed E-state index contributed by atoms with van der Waals surface area (Å²) in [6.45, 7) is 4.02. The number of carbonyl (C=O) groups excluding carboxylic acids is 1. The molecule has 2 rings (SSSR count). The fraction of sp³-hybridized carbons (Fsp3) is 0.417. The van der Waals surface area contributed by atoms with Crippen molar-refractivity contribution >= 4 is 23.3 Å². The van der Waals surface area contributed by atoms with Crippen molar-refractivity contribution in [2.75, 3.05) is 11.9 Å². The second-order valence-corrected chi connectivity index (χ2v) is 4.31. The molecule has 92 valence electrons. The lowest BCUT2D eigenvalue weighted by Gasteiger charge is -2.15. The van der Waals surface area contributed by atoms with Crippen LogP contribution in [-0.4, -0.2) is 24.2 Å². The van der Waals surface area contributed by atoms with Crippen LogP contribution in [0.25, 0.3) is 0 Å². The Bertz CT molecular complexity index is 436. The summed E-state index contributed by atoms with van der Waals surface area (Å²) in [5.41, 5.74) is 1.93. The molecule has 0 saturated heterocycles. The molecule has 1 N–H and O–H groups in total. The van der Waals surface area contributed by atoms with E-state index in [4.69, 9.17) is 21.1 Å². The number of rotatable bonds is 3. The summed E-state index contributed by atoms with van der Waals surface area (Å²) in [4.78, 5) is 11.5. The van der Waals surface area contributed by atoms with Crippen molar-refractivity contribution in [1.82, 2.24) is 0 Å². The summed E-state index contributed by atoms with van der Waals surface area (Å²) in [5, 5.41) is 2.19. The van der Waals surface area contributed by atoms with Gasteiger partial charge in [-0.3, -0.25) is 4.79 Å². The number of carbonyl (C=O) groups is 1. The lowest BCUT2D eigenvalue weighted by molar-refractivity contribution is -0.144. The zero-order chi connectivity index (χ0) is 12.4. The molecule has 2 atom stereocenters. The molecule has 1 heterocycles. The maximum Gasteiger partial charge on any atom is 0.329 e. The molecule has 0 saturated carbocycles. The number of ether oxygens (including phenoxy) is 2. The smallest absolute Gasteiger partial charge is 0.329 e. The van der Waals surface area contributed by atoms with Gasteiger partial charge in [0.15, 0.2) is 11.6 Å². The maximum absolute atomic E-state index is 11.5. The lowest BCUT2D eigenvalue weighted by atomic mass is 10.2. The van der Waals surface area contributed by atoms with Gasteiger partial charge in [-0.05, 0) is 31.5 Å². The molecule has 1 aliphatic rings. The van der Waals surface area contributed by atoms with E-state index in [9.17, 15) is 4.79 Å². The van der Waals surface area contributed by atoms with Crippen LogP contribution in [0, 0.1) is 6.92 Å². The molecular formula is C12H14ClNO3. The molecular weight excluding hydrogens is 242 g/mol. The first-order chi connectivity index (χ1) is 8.11. The van der Waals surface area contributed by atoms with E-state index in [2.05, 4.69) is 5.32 Å². The molecule has 17 heavy (non-hydrogen) atoms. The number of hydrogen-bond donors (Lipinski definition) is 1. The van der Waals surface area contributed by atoms with Crippen LogP contribution in [0.2, 0.25) is 0 Å². The number of fused-ring (bicyclic) bond motifs is 1. The van der Waals surface area contributed by atoms with Gasteiger partial charge in [-0.1, -0.05) is 6.07 Å². The number of esters is 1. The van der Waals surface area contributed by atoms with E-state index in [0.717, 1.165) is 11.3 Å². The highest BCUT2D eigenvalue weighted by Crippen LogP contribution is 2.34. The number of alkyl halides is 1. The number of hydrogen-bond acceptors (Lipinski definition) is 4. The summed E-state index contributed by atoms with van der Waals surface area (Å²) >= 11 is 5.98. The Balaban J connectivity index is 2.07. The predicted molar refractivity (Wildman–Crippen MR) is 65.5 cm³/mol. The van der Waals surface area contributed by atoms with E-state index in [1.807, 2.05) is 25.1 Å². The first kappa shape index (κ1) is 12.0. The Morgan fingerprint density at radius 2 is 2.41 bits per heavy atom. The summed E-state index contributed by atoms with van der Waals surface area (Å²) in [5.74, 6) is 0.237. The maximum atomic E-state index is 11.5. The van der Waals surface area contributed by atoms with E-state index in [1.54, 1.807) is 6.92 Å². The fourth-order valence-corrected chi connectivity index (χ4v) is 1.82. The standard InChI is InChI=1S/C12H14ClNO3/c1-3-16-12(15)10(13)11-14-8-5-4-7(2)6-9(8)17-11/h4-6,10-11,14H,3H2,1-2H3. The molecule has 0 fully saturated rings. The van der Waals surface area contributed by atoms with Crippen LogP contribution in [0.15, 0.2) is 18.2 Å². The number of aryl methyl sites for hydroxylation is 1. The zero-order valence-corrected chi connectivity index (χ0v) is 10.5. The van der Waals surface area contributed by atoms with Gasteiger partial charge in [0.2, 0.25) is 0 Å². The summed E-state index contributed by atoms with van der Waals surface area (Å²) in [7, 11) is 0. The normalized spacial score (nSPS) is 18.9. The van der Waals surface area contributed by atoms with Gasteiger partial charge in [0.1, 0.15) is 5.75 Å². The third kappa shape index (κ3) is 2.47. The summed E-state index contributed by atoms with van der Waals surface area (Å²) < 4.78 is 10.4. The van der Waals surface area contributed by atoms with E-state index >= 15 is 0 Å². The molecule has 0 aromatic heterocycles. The number of nitrogens with one attached hydrogen (secondary N) is 1. The van der Waals surface area contributed by atoms with Crippen molar-refractivity contribution in [2.45, 2.75) is 25.5 Å². The fourth-order valence-electron chi connectivity index (χ4n) is 1.64. The van der Waals surface area contributed by atoms with Crippen LogP contribution in [0.1, 0.15) is 12.5 Å². The Morgan fingerprint density at radius 3 is 3.12 bits per heavy atom. The first-order valence-corrected chi connectivity index (χ1v) is 5.90. The van der Waals surface area contributed by atoms with Crippen molar-refractivity contribution in [3.63, 3.8) is 0 Å². The molecule has 5 heteroatoms. The highest BCUT2D eigenvalue weighted by molar-refractivity contribution is 6.30.